The van der Waals surface area contributed by atoms with Crippen LogP contribution in [0.1, 0.15) is 19.8 Å². The van der Waals surface area contributed by atoms with E-state index in [9.17, 15) is 4.79 Å². The Kier molecular flexibility index (Phi) is 8.92. The molecule has 0 aliphatic heterocycles. The summed E-state index contributed by atoms with van der Waals surface area (Å²) in [5.41, 5.74) is 9.00. The number of benzene rings is 2. The second kappa shape index (κ2) is 12.1. The number of hydrogen-bond donors (Lipinski definition) is 2. The molecule has 0 aliphatic carbocycles. The van der Waals surface area contributed by atoms with E-state index in [4.69, 9.17) is 31.9 Å². The van der Waals surface area contributed by atoms with Gasteiger partial charge in [0.2, 0.25) is 0 Å². The number of aliphatic hydroxyl groups is 1. The van der Waals surface area contributed by atoms with E-state index in [0.29, 0.717) is 18.1 Å². The molecule has 3 aromatic rings. The Bertz CT molecular complexity index is 1090. The molecule has 0 aliphatic rings. The highest BCUT2D eigenvalue weighted by Crippen LogP contribution is 2.33. The van der Waals surface area contributed by atoms with Gasteiger partial charge in [0.1, 0.15) is 12.3 Å². The average molecular weight is 470 g/mol. The van der Waals surface area contributed by atoms with Gasteiger partial charge in [-0.05, 0) is 60.9 Å². The molecule has 2 aromatic carbocycles. The number of carbonyl (C=O) groups is 1. The smallest absolute Gasteiger partial charge is 0.333 e. The molecule has 0 unspecified atom stereocenters. The van der Waals surface area contributed by atoms with Crippen LogP contribution in [0.2, 0.25) is 5.02 Å². The predicted molar refractivity (Wildman–Crippen MR) is 130 cm³/mol. The molecule has 0 spiro atoms. The van der Waals surface area contributed by atoms with Crippen LogP contribution in [0.15, 0.2) is 65.7 Å². The lowest BCUT2D eigenvalue weighted by atomic mass is 10.1. The zero-order chi connectivity index (χ0) is 23.6. The molecule has 1 aromatic heterocycles. The van der Waals surface area contributed by atoms with Gasteiger partial charge in [0.05, 0.1) is 12.3 Å². The molecule has 3 N–H and O–H groups in total. The first-order chi connectivity index (χ1) is 16.0. The second-order valence-electron chi connectivity index (χ2n) is 7.31. The molecule has 0 fully saturated rings. The molecule has 0 saturated carbocycles. The summed E-state index contributed by atoms with van der Waals surface area (Å²) in [5, 5.41) is 9.43. The summed E-state index contributed by atoms with van der Waals surface area (Å²) in [7, 11) is 0. The van der Waals surface area contributed by atoms with E-state index in [1.165, 1.54) is 0 Å². The van der Waals surface area contributed by atoms with E-state index in [1.807, 2.05) is 59.2 Å². The van der Waals surface area contributed by atoms with Gasteiger partial charge in [-0.25, -0.2) is 9.79 Å². The molecule has 7 nitrogen and oxygen atoms in total. The zero-order valence-corrected chi connectivity index (χ0v) is 19.3. The van der Waals surface area contributed by atoms with Crippen molar-refractivity contribution >= 4 is 23.6 Å². The number of carbonyl (C=O) groups excluding carboxylic acids is 1. The van der Waals surface area contributed by atoms with Crippen LogP contribution in [0.25, 0.3) is 22.5 Å². The van der Waals surface area contributed by atoms with Crippen LogP contribution in [0.4, 0.5) is 0 Å². The van der Waals surface area contributed by atoms with E-state index in [0.717, 1.165) is 34.7 Å². The number of nitrogens with two attached hydrogens (primary N) is 1. The minimum absolute atomic E-state index is 0.0130. The first kappa shape index (κ1) is 24.4. The maximum atomic E-state index is 12.7. The molecule has 0 saturated heterocycles. The minimum atomic E-state index is -0.561. The molecule has 0 atom stereocenters. The van der Waals surface area contributed by atoms with Gasteiger partial charge in [-0.1, -0.05) is 36.7 Å². The van der Waals surface area contributed by atoms with Crippen molar-refractivity contribution in [3.05, 3.63) is 65.7 Å². The van der Waals surface area contributed by atoms with Gasteiger partial charge < -0.3 is 24.9 Å². The largest absolute Gasteiger partial charge is 0.494 e. The minimum Gasteiger partial charge on any atom is -0.494 e. The summed E-state index contributed by atoms with van der Waals surface area (Å²) in [6.07, 6.45) is 1.37. The topological polar surface area (TPSA) is 99.1 Å². The van der Waals surface area contributed by atoms with Gasteiger partial charge in [0.15, 0.2) is 0 Å². The molecule has 1 heterocycles. The third-order valence-electron chi connectivity index (χ3n) is 4.84. The summed E-state index contributed by atoms with van der Waals surface area (Å²) < 4.78 is 12.7. The second-order valence-corrected chi connectivity index (χ2v) is 7.72. The van der Waals surface area contributed by atoms with Gasteiger partial charge in [-0.15, -0.1) is 0 Å². The van der Waals surface area contributed by atoms with E-state index in [1.54, 1.807) is 6.07 Å². The Balaban J connectivity index is 1.92. The Hall–Kier alpha value is -3.29. The van der Waals surface area contributed by atoms with Crippen LogP contribution in [-0.2, 0) is 16.1 Å². The Labute approximate surface area is 198 Å². The highest BCUT2D eigenvalue weighted by atomic mass is 35.5. The van der Waals surface area contributed by atoms with Crippen molar-refractivity contribution in [1.82, 2.24) is 4.57 Å². The lowest BCUT2D eigenvalue weighted by molar-refractivity contribution is -0.136. The van der Waals surface area contributed by atoms with Crippen molar-refractivity contribution in [2.75, 3.05) is 19.8 Å². The molecule has 3 rings (SSSR count). The molecular formula is C25H28ClN3O4. The highest BCUT2D eigenvalue weighted by Gasteiger charge is 2.18. The fourth-order valence-corrected chi connectivity index (χ4v) is 3.54. The highest BCUT2D eigenvalue weighted by molar-refractivity contribution is 6.33. The van der Waals surface area contributed by atoms with Gasteiger partial charge in [0.25, 0.3) is 6.02 Å². The molecule has 0 radical (unpaired) electrons. The number of aliphatic imine (C=N–C) groups is 1. The first-order valence-corrected chi connectivity index (χ1v) is 11.2. The number of aliphatic hydroxyl groups excluding tert-OH is 1. The van der Waals surface area contributed by atoms with Crippen LogP contribution in [0.3, 0.4) is 0 Å². The van der Waals surface area contributed by atoms with E-state index in [2.05, 4.69) is 11.9 Å². The number of halogens is 1. The summed E-state index contributed by atoms with van der Waals surface area (Å²) in [5.74, 6) is 0.227. The van der Waals surface area contributed by atoms with Crippen LogP contribution in [-0.4, -0.2) is 41.4 Å². The van der Waals surface area contributed by atoms with Gasteiger partial charge >= 0.3 is 5.97 Å². The fraction of sp³-hybridized carbons (Fsp3) is 0.280. The number of hydrogen-bond acceptors (Lipinski definition) is 5. The standard InChI is InChI=1S/C25H28ClN3O4/c1-2-16-32-19-10-8-18(9-11-19)22-12-13-23(20-6-3-4-7-21(20)26)29(22)17-24(31)33-25(27)28-14-5-15-30/h3-4,6-13,30H,2,5,14-17H2,1H3,(H2,27,28). The lowest BCUT2D eigenvalue weighted by Gasteiger charge is -2.15. The quantitative estimate of drug-likeness (QED) is 0.197. The normalized spacial score (nSPS) is 11.4. The maximum Gasteiger partial charge on any atom is 0.333 e. The predicted octanol–water partition coefficient (Wildman–Crippen LogP) is 4.50. The molecule has 8 heteroatoms. The first-order valence-electron chi connectivity index (χ1n) is 10.8. The molecular weight excluding hydrogens is 442 g/mol. The van der Waals surface area contributed by atoms with E-state index in [-0.39, 0.29) is 25.7 Å². The van der Waals surface area contributed by atoms with Crippen molar-refractivity contribution in [2.45, 2.75) is 26.3 Å². The Morgan fingerprint density at radius 2 is 1.82 bits per heavy atom. The summed E-state index contributed by atoms with van der Waals surface area (Å²) in [6, 6.07) is 18.8. The fourth-order valence-electron chi connectivity index (χ4n) is 3.31. The van der Waals surface area contributed by atoms with Crippen molar-refractivity contribution in [3.63, 3.8) is 0 Å². The van der Waals surface area contributed by atoms with Gasteiger partial charge in [0, 0.05) is 29.4 Å². The number of rotatable bonds is 10. The Morgan fingerprint density at radius 3 is 2.52 bits per heavy atom. The molecule has 33 heavy (non-hydrogen) atoms. The molecule has 174 valence electrons. The van der Waals surface area contributed by atoms with Crippen molar-refractivity contribution in [3.8, 4) is 28.3 Å². The summed E-state index contributed by atoms with van der Waals surface area (Å²) in [6.45, 7) is 2.88. The zero-order valence-electron chi connectivity index (χ0n) is 18.5. The van der Waals surface area contributed by atoms with E-state index >= 15 is 0 Å². The maximum absolute atomic E-state index is 12.7. The van der Waals surface area contributed by atoms with Crippen LogP contribution in [0, 0.1) is 0 Å². The van der Waals surface area contributed by atoms with Crippen LogP contribution < -0.4 is 10.5 Å². The summed E-state index contributed by atoms with van der Waals surface area (Å²) in [4.78, 5) is 16.6. The number of nitrogens with zero attached hydrogens (tertiary/aromatic N) is 2. The number of esters is 1. The monoisotopic (exact) mass is 469 g/mol. The Morgan fingerprint density at radius 1 is 1.09 bits per heavy atom. The average Bonchev–Trinajstić information content (AvgIpc) is 3.21. The number of amidine groups is 1. The van der Waals surface area contributed by atoms with Gasteiger partial charge in [-0.2, -0.15) is 0 Å². The molecule has 0 amide bonds. The van der Waals surface area contributed by atoms with Crippen LogP contribution >= 0.6 is 11.6 Å². The number of ether oxygens (including phenoxy) is 2. The van der Waals surface area contributed by atoms with Crippen molar-refractivity contribution in [2.24, 2.45) is 10.7 Å². The lowest BCUT2D eigenvalue weighted by Crippen LogP contribution is -2.24. The van der Waals surface area contributed by atoms with Crippen molar-refractivity contribution in [1.29, 1.82) is 0 Å². The summed E-state index contributed by atoms with van der Waals surface area (Å²) >= 11 is 6.44. The third kappa shape index (κ3) is 6.60. The van der Waals surface area contributed by atoms with E-state index < -0.39 is 5.97 Å². The number of aromatic nitrogens is 1. The van der Waals surface area contributed by atoms with Crippen molar-refractivity contribution < 1.29 is 19.4 Å². The van der Waals surface area contributed by atoms with Gasteiger partial charge in [-0.3, -0.25) is 0 Å². The van der Waals surface area contributed by atoms with Crippen LogP contribution in [0.5, 0.6) is 5.75 Å². The third-order valence-corrected chi connectivity index (χ3v) is 5.17. The molecule has 0 bridgehead atoms. The SMILES string of the molecule is CCCOc1ccc(-c2ccc(-c3ccccc3Cl)n2CC(=O)OC(N)=NCCCO)cc1.